The Morgan fingerprint density at radius 1 is 0.321 bits per heavy atom. The maximum Gasteiger partial charge on any atom is 0.137 e. The lowest BCUT2D eigenvalue weighted by Crippen LogP contribution is -1.95. The van der Waals surface area contributed by atoms with Gasteiger partial charge in [-0.2, -0.15) is 0 Å². The van der Waals surface area contributed by atoms with Crippen LogP contribution in [0.1, 0.15) is 0 Å². The Balaban J connectivity index is 1.06. The number of para-hydroxylation sites is 2. The van der Waals surface area contributed by atoms with Crippen LogP contribution >= 0.6 is 0 Å². The molecule has 2 nitrogen and oxygen atoms in total. The van der Waals surface area contributed by atoms with Gasteiger partial charge < -0.3 is 8.98 Å². The van der Waals surface area contributed by atoms with E-state index in [1.54, 1.807) is 0 Å². The summed E-state index contributed by atoms with van der Waals surface area (Å²) >= 11 is 0. The van der Waals surface area contributed by atoms with Gasteiger partial charge >= 0.3 is 0 Å². The first-order chi connectivity index (χ1) is 27.8. The summed E-state index contributed by atoms with van der Waals surface area (Å²) in [6, 6.07) is 69.1. The van der Waals surface area contributed by atoms with Crippen molar-refractivity contribution in [1.82, 2.24) is 4.57 Å². The predicted octanol–water partition coefficient (Wildman–Crippen LogP) is 15.2. The van der Waals surface area contributed by atoms with Crippen molar-refractivity contribution in [3.05, 3.63) is 188 Å². The Morgan fingerprint density at radius 2 is 0.964 bits per heavy atom. The molecule has 0 saturated heterocycles. The summed E-state index contributed by atoms with van der Waals surface area (Å²) in [5.41, 5.74) is 10.3. The summed E-state index contributed by atoms with van der Waals surface area (Å²) in [6.07, 6.45) is 0. The van der Waals surface area contributed by atoms with Crippen molar-refractivity contribution in [3.63, 3.8) is 0 Å². The Bertz CT molecular complexity index is 3770. The molecular weight excluding hydrogens is 679 g/mol. The van der Waals surface area contributed by atoms with Crippen molar-refractivity contribution in [2.45, 2.75) is 0 Å². The summed E-state index contributed by atoms with van der Waals surface area (Å²) in [7, 11) is 0. The molecule has 11 aromatic carbocycles. The SMILES string of the molecule is c1cc(-c2ccc3ccc4c(-c5cc6ccccc6c6ccccc56)ccc5ccc2c3c54)cc(-n2c3ccccc3c3ccc4oc5ccccc5c4c32)c1. The van der Waals surface area contributed by atoms with Crippen LogP contribution in [0, 0.1) is 0 Å². The van der Waals surface area contributed by atoms with E-state index in [0.29, 0.717) is 0 Å². The molecule has 2 aromatic heterocycles. The van der Waals surface area contributed by atoms with Gasteiger partial charge in [-0.25, -0.2) is 0 Å². The van der Waals surface area contributed by atoms with Gasteiger partial charge in [0.15, 0.2) is 0 Å². The minimum atomic E-state index is 0.904. The Hall–Kier alpha value is -7.42. The van der Waals surface area contributed by atoms with Crippen molar-refractivity contribution < 1.29 is 4.42 Å². The van der Waals surface area contributed by atoms with E-state index >= 15 is 0 Å². The molecule has 0 radical (unpaired) electrons. The number of hydrogen-bond donors (Lipinski definition) is 0. The van der Waals surface area contributed by atoms with Gasteiger partial charge in [0.25, 0.3) is 0 Å². The molecule has 0 aliphatic heterocycles. The van der Waals surface area contributed by atoms with Gasteiger partial charge in [-0.15, -0.1) is 0 Å². The molecule has 0 atom stereocenters. The summed E-state index contributed by atoms with van der Waals surface area (Å²) < 4.78 is 8.85. The predicted molar refractivity (Wildman–Crippen MR) is 238 cm³/mol. The molecule has 0 bridgehead atoms. The number of rotatable bonds is 3. The molecule has 2 heterocycles. The average Bonchev–Trinajstić information content (AvgIpc) is 3.81. The minimum Gasteiger partial charge on any atom is -0.456 e. The highest BCUT2D eigenvalue weighted by Crippen LogP contribution is 2.46. The zero-order valence-electron chi connectivity index (χ0n) is 30.3. The lowest BCUT2D eigenvalue weighted by molar-refractivity contribution is 0.669. The van der Waals surface area contributed by atoms with E-state index in [1.165, 1.54) is 97.9 Å². The molecule has 0 spiro atoms. The summed E-state index contributed by atoms with van der Waals surface area (Å²) in [6.45, 7) is 0. The molecule has 0 aliphatic rings. The number of nitrogens with zero attached hydrogens (tertiary/aromatic N) is 1. The van der Waals surface area contributed by atoms with E-state index in [1.807, 2.05) is 6.07 Å². The van der Waals surface area contributed by atoms with Gasteiger partial charge in [0, 0.05) is 21.8 Å². The van der Waals surface area contributed by atoms with Gasteiger partial charge in [-0.3, -0.25) is 0 Å². The lowest BCUT2D eigenvalue weighted by atomic mass is 9.85. The standard InChI is InChI=1S/C54H31NO/c1-2-13-37-35(10-1)31-47(40-15-4-3-14-39(37)40)41-25-21-33-22-26-43-38(24-20-32-23-27-44(41)52(33)51(32)43)34-11-9-12-36(30-34)55-48-18-7-5-16-42(48)45-28-29-50-53(54(45)55)46-17-6-8-19-49(46)56-50/h1-31H. The molecule has 0 amide bonds. The first-order valence-electron chi connectivity index (χ1n) is 19.3. The molecule has 0 fully saturated rings. The van der Waals surface area contributed by atoms with Crippen molar-refractivity contribution >= 4 is 97.6 Å². The van der Waals surface area contributed by atoms with Gasteiger partial charge in [0.2, 0.25) is 0 Å². The Kier molecular flexibility index (Phi) is 5.92. The third kappa shape index (κ3) is 4.00. The Morgan fingerprint density at radius 3 is 1.80 bits per heavy atom. The fourth-order valence-electron chi connectivity index (χ4n) is 9.91. The second-order valence-electron chi connectivity index (χ2n) is 15.2. The molecule has 0 saturated carbocycles. The summed E-state index contributed by atoms with van der Waals surface area (Å²) in [4.78, 5) is 0. The number of benzene rings is 11. The van der Waals surface area contributed by atoms with E-state index in [9.17, 15) is 0 Å². The smallest absolute Gasteiger partial charge is 0.137 e. The number of hydrogen-bond acceptors (Lipinski definition) is 1. The van der Waals surface area contributed by atoms with Gasteiger partial charge in [0.1, 0.15) is 11.2 Å². The van der Waals surface area contributed by atoms with Crippen LogP contribution in [0.2, 0.25) is 0 Å². The van der Waals surface area contributed by atoms with Crippen LogP contribution in [-0.2, 0) is 0 Å². The van der Waals surface area contributed by atoms with E-state index in [2.05, 4.69) is 187 Å². The molecule has 0 N–H and O–H groups in total. The van der Waals surface area contributed by atoms with Crippen LogP contribution in [0.25, 0.3) is 126 Å². The van der Waals surface area contributed by atoms with Gasteiger partial charge in [-0.05, 0) is 119 Å². The van der Waals surface area contributed by atoms with Gasteiger partial charge in [0.05, 0.1) is 16.4 Å². The van der Waals surface area contributed by atoms with E-state index in [-0.39, 0.29) is 0 Å². The summed E-state index contributed by atoms with van der Waals surface area (Å²) in [5.74, 6) is 0. The molecule has 258 valence electrons. The summed E-state index contributed by atoms with van der Waals surface area (Å²) in [5, 5.41) is 17.6. The fourth-order valence-corrected chi connectivity index (χ4v) is 9.91. The third-order valence-corrected chi connectivity index (χ3v) is 12.3. The minimum absolute atomic E-state index is 0.904. The first kappa shape index (κ1) is 30.0. The molecule has 2 heteroatoms. The molecule has 0 unspecified atom stereocenters. The normalized spacial score (nSPS) is 12.3. The monoisotopic (exact) mass is 709 g/mol. The fraction of sp³-hybridized carbons (Fsp3) is 0. The zero-order valence-corrected chi connectivity index (χ0v) is 30.3. The van der Waals surface area contributed by atoms with Gasteiger partial charge in [-0.1, -0.05) is 146 Å². The van der Waals surface area contributed by atoms with E-state index < -0.39 is 0 Å². The van der Waals surface area contributed by atoms with Crippen molar-refractivity contribution in [3.8, 4) is 27.9 Å². The highest BCUT2D eigenvalue weighted by atomic mass is 16.3. The first-order valence-corrected chi connectivity index (χ1v) is 19.3. The topological polar surface area (TPSA) is 18.1 Å². The molecule has 13 rings (SSSR count). The van der Waals surface area contributed by atoms with Crippen molar-refractivity contribution in [2.75, 3.05) is 0 Å². The third-order valence-electron chi connectivity index (χ3n) is 12.3. The van der Waals surface area contributed by atoms with Crippen LogP contribution < -0.4 is 0 Å². The lowest BCUT2D eigenvalue weighted by Gasteiger charge is -2.18. The van der Waals surface area contributed by atoms with Crippen LogP contribution in [0.4, 0.5) is 0 Å². The largest absolute Gasteiger partial charge is 0.456 e. The second-order valence-corrected chi connectivity index (χ2v) is 15.2. The number of fused-ring (bicyclic) bond motifs is 10. The van der Waals surface area contributed by atoms with E-state index in [0.717, 1.165) is 27.6 Å². The van der Waals surface area contributed by atoms with Crippen LogP contribution in [0.15, 0.2) is 192 Å². The maximum atomic E-state index is 6.41. The molecule has 13 aromatic rings. The molecular formula is C54H31NO. The highest BCUT2D eigenvalue weighted by Gasteiger charge is 2.21. The highest BCUT2D eigenvalue weighted by molar-refractivity contribution is 6.29. The molecule has 0 aliphatic carbocycles. The Labute approximate surface area is 321 Å². The number of furan rings is 1. The number of aromatic nitrogens is 1. The maximum absolute atomic E-state index is 6.41. The zero-order chi connectivity index (χ0) is 36.5. The van der Waals surface area contributed by atoms with Crippen LogP contribution in [-0.4, -0.2) is 4.57 Å². The average molecular weight is 710 g/mol. The second kappa shape index (κ2) is 11.1. The molecule has 56 heavy (non-hydrogen) atoms. The van der Waals surface area contributed by atoms with Crippen LogP contribution in [0.5, 0.6) is 0 Å². The quantitative estimate of drug-likeness (QED) is 0.167. The van der Waals surface area contributed by atoms with Crippen molar-refractivity contribution in [1.29, 1.82) is 0 Å². The van der Waals surface area contributed by atoms with Crippen molar-refractivity contribution in [2.24, 2.45) is 0 Å². The van der Waals surface area contributed by atoms with Crippen LogP contribution in [0.3, 0.4) is 0 Å². The van der Waals surface area contributed by atoms with E-state index in [4.69, 9.17) is 4.42 Å².